The maximum absolute atomic E-state index is 3.81. The van der Waals surface area contributed by atoms with Crippen molar-refractivity contribution in [3.8, 4) is 33.4 Å². The second-order valence-corrected chi connectivity index (χ2v) is 13.3. The number of nitrogens with one attached hydrogen (secondary N) is 1. The van der Waals surface area contributed by atoms with E-state index < -0.39 is 0 Å². The van der Waals surface area contributed by atoms with Gasteiger partial charge in [0.2, 0.25) is 0 Å². The van der Waals surface area contributed by atoms with Crippen LogP contribution in [0.2, 0.25) is 0 Å². The molecule has 7 aromatic carbocycles. The molecule has 3 heterocycles. The molecular weight excluding hydrogens is 577 g/mol. The summed E-state index contributed by atoms with van der Waals surface area (Å²) >= 11 is 1.87. The lowest BCUT2D eigenvalue weighted by molar-refractivity contribution is 0.910. The van der Waals surface area contributed by atoms with Crippen molar-refractivity contribution in [3.63, 3.8) is 0 Å². The van der Waals surface area contributed by atoms with Crippen molar-refractivity contribution >= 4 is 64.4 Å². The van der Waals surface area contributed by atoms with Gasteiger partial charge in [0.05, 0.1) is 11.4 Å². The first-order valence-electron chi connectivity index (χ1n) is 15.8. The maximum Gasteiger partial charge on any atom is 0.123 e. The Morgan fingerprint density at radius 3 is 1.93 bits per heavy atom. The van der Waals surface area contributed by atoms with Crippen LogP contribution < -0.4 is 10.2 Å². The number of fused-ring (bicyclic) bond motifs is 11. The average molecular weight is 605 g/mol. The van der Waals surface area contributed by atoms with Crippen molar-refractivity contribution < 1.29 is 0 Å². The normalized spacial score (nSPS) is 15.1. The van der Waals surface area contributed by atoms with Crippen molar-refractivity contribution in [3.05, 3.63) is 158 Å². The third kappa shape index (κ3) is 3.89. The molecule has 46 heavy (non-hydrogen) atoms. The van der Waals surface area contributed by atoms with Crippen LogP contribution in [0.15, 0.2) is 158 Å². The van der Waals surface area contributed by atoms with Gasteiger partial charge in [0.15, 0.2) is 0 Å². The molecule has 1 unspecified atom stereocenters. The summed E-state index contributed by atoms with van der Waals surface area (Å²) < 4.78 is 2.67. The molecule has 1 aromatic heterocycles. The molecule has 0 bridgehead atoms. The Kier molecular flexibility index (Phi) is 5.54. The molecule has 0 fully saturated rings. The molecule has 0 amide bonds. The zero-order valence-electron chi connectivity index (χ0n) is 24.9. The van der Waals surface area contributed by atoms with Gasteiger partial charge < -0.3 is 10.2 Å². The molecule has 3 heteroatoms. The van der Waals surface area contributed by atoms with E-state index in [0.29, 0.717) is 0 Å². The highest BCUT2D eigenvalue weighted by Crippen LogP contribution is 2.49. The SMILES string of the molecule is C1=CC2Nc3c(c4ccc(-c5cccc(-c6ccc7c(c6)sc6ccccc67)c5)cc4c4cc(-c5ccccc5)ccc34)N2C=C1. The summed E-state index contributed by atoms with van der Waals surface area (Å²) in [6.07, 6.45) is 8.79. The van der Waals surface area contributed by atoms with Gasteiger partial charge >= 0.3 is 0 Å². The Balaban J connectivity index is 1.15. The summed E-state index contributed by atoms with van der Waals surface area (Å²) in [7, 11) is 0. The number of hydrogen-bond acceptors (Lipinski definition) is 3. The first kappa shape index (κ1) is 25.7. The fraction of sp³-hybridized carbons (Fsp3) is 0.0233. The van der Waals surface area contributed by atoms with Crippen LogP contribution in [-0.4, -0.2) is 6.17 Å². The minimum Gasteiger partial charge on any atom is -0.359 e. The summed E-state index contributed by atoms with van der Waals surface area (Å²) in [5, 5.41) is 11.5. The van der Waals surface area contributed by atoms with Gasteiger partial charge in [-0.2, -0.15) is 0 Å². The predicted molar refractivity (Wildman–Crippen MR) is 199 cm³/mol. The Morgan fingerprint density at radius 1 is 0.457 bits per heavy atom. The van der Waals surface area contributed by atoms with E-state index in [-0.39, 0.29) is 6.17 Å². The first-order chi connectivity index (χ1) is 22.8. The highest BCUT2D eigenvalue weighted by molar-refractivity contribution is 7.25. The monoisotopic (exact) mass is 604 g/mol. The molecule has 1 N–H and O–H groups in total. The van der Waals surface area contributed by atoms with Crippen LogP contribution in [-0.2, 0) is 0 Å². The third-order valence-corrected chi connectivity index (χ3v) is 10.7. The molecule has 0 radical (unpaired) electrons. The highest BCUT2D eigenvalue weighted by Gasteiger charge is 2.31. The molecule has 8 aromatic rings. The van der Waals surface area contributed by atoms with Crippen LogP contribution in [0, 0.1) is 0 Å². The minimum atomic E-state index is 0.122. The van der Waals surface area contributed by atoms with Gasteiger partial charge in [-0.3, -0.25) is 0 Å². The number of rotatable bonds is 3. The maximum atomic E-state index is 3.81. The largest absolute Gasteiger partial charge is 0.359 e. The number of benzene rings is 7. The van der Waals surface area contributed by atoms with Crippen LogP contribution in [0.1, 0.15) is 0 Å². The summed E-state index contributed by atoms with van der Waals surface area (Å²) in [6, 6.07) is 49.3. The lowest BCUT2D eigenvalue weighted by atomic mass is 9.92. The van der Waals surface area contributed by atoms with E-state index in [1.165, 1.54) is 86.5 Å². The molecule has 2 aliphatic rings. The van der Waals surface area contributed by atoms with E-state index in [9.17, 15) is 0 Å². The highest BCUT2D eigenvalue weighted by atomic mass is 32.1. The van der Waals surface area contributed by atoms with E-state index in [2.05, 4.69) is 168 Å². The third-order valence-electron chi connectivity index (χ3n) is 9.61. The molecule has 2 nitrogen and oxygen atoms in total. The molecule has 0 saturated carbocycles. The van der Waals surface area contributed by atoms with Gasteiger partial charge in [-0.15, -0.1) is 11.3 Å². The van der Waals surface area contributed by atoms with Crippen LogP contribution in [0.3, 0.4) is 0 Å². The zero-order valence-corrected chi connectivity index (χ0v) is 25.8. The number of nitrogens with zero attached hydrogens (tertiary/aromatic N) is 1. The van der Waals surface area contributed by atoms with Crippen LogP contribution in [0.4, 0.5) is 11.4 Å². The number of hydrogen-bond donors (Lipinski definition) is 1. The number of thiophene rings is 1. The van der Waals surface area contributed by atoms with Gasteiger partial charge in [0.25, 0.3) is 0 Å². The van der Waals surface area contributed by atoms with E-state index in [1.54, 1.807) is 0 Å². The molecule has 0 saturated heterocycles. The smallest absolute Gasteiger partial charge is 0.123 e. The molecule has 0 aliphatic carbocycles. The Hall–Kier alpha value is -5.64. The molecular formula is C43H28N2S. The van der Waals surface area contributed by atoms with Crippen molar-refractivity contribution in [1.29, 1.82) is 0 Å². The van der Waals surface area contributed by atoms with Crippen LogP contribution >= 0.6 is 11.3 Å². The van der Waals surface area contributed by atoms with Gasteiger partial charge in [-0.25, -0.2) is 0 Å². The summed E-state index contributed by atoms with van der Waals surface area (Å²) in [4.78, 5) is 2.37. The van der Waals surface area contributed by atoms with Crippen LogP contribution in [0.5, 0.6) is 0 Å². The molecule has 10 rings (SSSR count). The fourth-order valence-electron chi connectivity index (χ4n) is 7.39. The summed E-state index contributed by atoms with van der Waals surface area (Å²) in [6.45, 7) is 0. The molecule has 216 valence electrons. The van der Waals surface area contributed by atoms with Crippen molar-refractivity contribution in [2.24, 2.45) is 0 Å². The molecule has 0 spiro atoms. The van der Waals surface area contributed by atoms with E-state index in [1.807, 2.05) is 11.3 Å². The zero-order chi connectivity index (χ0) is 30.2. The molecule has 1 atom stereocenters. The fourth-order valence-corrected chi connectivity index (χ4v) is 8.53. The van der Waals surface area contributed by atoms with E-state index in [4.69, 9.17) is 0 Å². The Bertz CT molecular complexity index is 2570. The van der Waals surface area contributed by atoms with Gasteiger partial charge in [0, 0.05) is 37.1 Å². The lowest BCUT2D eigenvalue weighted by Crippen LogP contribution is -2.30. The lowest BCUT2D eigenvalue weighted by Gasteiger charge is -2.23. The second-order valence-electron chi connectivity index (χ2n) is 12.2. The number of anilines is 2. The van der Waals surface area contributed by atoms with Crippen molar-refractivity contribution in [2.75, 3.05) is 10.2 Å². The van der Waals surface area contributed by atoms with Gasteiger partial charge in [-0.05, 0) is 86.6 Å². The van der Waals surface area contributed by atoms with E-state index in [0.717, 1.165) is 0 Å². The number of allylic oxidation sites excluding steroid dienone is 2. The van der Waals surface area contributed by atoms with Crippen LogP contribution in [0.25, 0.3) is 75.1 Å². The topological polar surface area (TPSA) is 15.3 Å². The summed E-state index contributed by atoms with van der Waals surface area (Å²) in [5.41, 5.74) is 9.84. The standard InChI is InChI=1S/C43H28N2S/c1-2-9-27(10-3-1)30-17-20-35-37(24-30)38-25-31(18-21-36(38)43-42(35)44-41-15-6-7-22-45(41)43)28-11-8-12-29(23-28)32-16-19-34-33-13-4-5-14-39(33)46-40(34)26-32/h1-26,41,44H. The van der Waals surface area contributed by atoms with Crippen molar-refractivity contribution in [1.82, 2.24) is 0 Å². The first-order valence-corrected chi connectivity index (χ1v) is 16.6. The Labute approximate surface area is 271 Å². The Morgan fingerprint density at radius 2 is 1.09 bits per heavy atom. The quantitative estimate of drug-likeness (QED) is 0.202. The molecule has 2 aliphatic heterocycles. The van der Waals surface area contributed by atoms with E-state index >= 15 is 0 Å². The average Bonchev–Trinajstić information content (AvgIpc) is 3.70. The van der Waals surface area contributed by atoms with Crippen molar-refractivity contribution in [2.45, 2.75) is 6.17 Å². The minimum absolute atomic E-state index is 0.122. The predicted octanol–water partition coefficient (Wildman–Crippen LogP) is 12.0. The van der Waals surface area contributed by atoms with Gasteiger partial charge in [-0.1, -0.05) is 109 Å². The van der Waals surface area contributed by atoms with Gasteiger partial charge in [0.1, 0.15) is 6.17 Å². The summed E-state index contributed by atoms with van der Waals surface area (Å²) in [5.74, 6) is 0. The second kappa shape index (κ2) is 9.93.